The summed E-state index contributed by atoms with van der Waals surface area (Å²) in [5, 5.41) is 0.387. The molecule has 0 radical (unpaired) electrons. The number of aromatic nitrogens is 1. The van der Waals surface area contributed by atoms with Gasteiger partial charge in [0.25, 0.3) is 0 Å². The van der Waals surface area contributed by atoms with E-state index in [1.807, 2.05) is 0 Å². The molecule has 88 valence electrons. The molecule has 0 aliphatic rings. The summed E-state index contributed by atoms with van der Waals surface area (Å²) in [6, 6.07) is 6.44. The van der Waals surface area contributed by atoms with Crippen molar-refractivity contribution in [2.45, 2.75) is 0 Å². The standard InChI is InChI=1S/C12H10ClFN2O/c1-17-12-5-8(10(14)6-16-12)7-2-3-11(15)9(13)4-7/h2-6H,15H2,1H3. The van der Waals surface area contributed by atoms with Crippen molar-refractivity contribution in [2.24, 2.45) is 0 Å². The molecule has 0 saturated heterocycles. The van der Waals surface area contributed by atoms with Gasteiger partial charge in [0.1, 0.15) is 5.82 Å². The summed E-state index contributed by atoms with van der Waals surface area (Å²) in [5.74, 6) is -0.0963. The molecule has 0 fully saturated rings. The first kappa shape index (κ1) is 11.7. The molecular weight excluding hydrogens is 243 g/mol. The number of hydrogen-bond acceptors (Lipinski definition) is 3. The first-order chi connectivity index (χ1) is 8.11. The molecule has 0 aliphatic carbocycles. The molecule has 2 N–H and O–H groups in total. The van der Waals surface area contributed by atoms with E-state index in [0.29, 0.717) is 27.7 Å². The molecule has 2 aromatic rings. The van der Waals surface area contributed by atoms with E-state index in [-0.39, 0.29) is 0 Å². The van der Waals surface area contributed by atoms with Gasteiger partial charge in [-0.25, -0.2) is 9.37 Å². The van der Waals surface area contributed by atoms with Gasteiger partial charge >= 0.3 is 0 Å². The van der Waals surface area contributed by atoms with Gasteiger partial charge < -0.3 is 10.5 Å². The zero-order chi connectivity index (χ0) is 12.4. The smallest absolute Gasteiger partial charge is 0.213 e. The lowest BCUT2D eigenvalue weighted by Gasteiger charge is -2.07. The van der Waals surface area contributed by atoms with E-state index < -0.39 is 5.82 Å². The first-order valence-electron chi connectivity index (χ1n) is 4.86. The second kappa shape index (κ2) is 4.59. The van der Waals surface area contributed by atoms with Crippen LogP contribution in [0.4, 0.5) is 10.1 Å². The molecule has 0 bridgehead atoms. The maximum atomic E-state index is 13.6. The van der Waals surface area contributed by atoms with Crippen LogP contribution in [0.25, 0.3) is 11.1 Å². The van der Waals surface area contributed by atoms with Crippen LogP contribution in [0.2, 0.25) is 5.02 Å². The number of nitrogen functional groups attached to an aromatic ring is 1. The Bertz CT molecular complexity index is 560. The van der Waals surface area contributed by atoms with Crippen LogP contribution < -0.4 is 10.5 Å². The maximum Gasteiger partial charge on any atom is 0.213 e. The highest BCUT2D eigenvalue weighted by molar-refractivity contribution is 6.33. The number of methoxy groups -OCH3 is 1. The number of rotatable bonds is 2. The topological polar surface area (TPSA) is 48.1 Å². The highest BCUT2D eigenvalue weighted by Crippen LogP contribution is 2.30. The molecule has 5 heteroatoms. The van der Waals surface area contributed by atoms with Crippen molar-refractivity contribution < 1.29 is 9.13 Å². The van der Waals surface area contributed by atoms with E-state index in [0.717, 1.165) is 6.20 Å². The monoisotopic (exact) mass is 252 g/mol. The van der Waals surface area contributed by atoms with Crippen LogP contribution in [0.5, 0.6) is 5.88 Å². The summed E-state index contributed by atoms with van der Waals surface area (Å²) >= 11 is 5.90. The minimum absolute atomic E-state index is 0.342. The molecule has 1 aromatic carbocycles. The van der Waals surface area contributed by atoms with Gasteiger partial charge in [0.15, 0.2) is 0 Å². The van der Waals surface area contributed by atoms with Crippen molar-refractivity contribution in [3.05, 3.63) is 41.3 Å². The quantitative estimate of drug-likeness (QED) is 0.836. The fraction of sp³-hybridized carbons (Fsp3) is 0.0833. The normalized spacial score (nSPS) is 10.3. The molecular formula is C12H10ClFN2O. The third-order valence-corrected chi connectivity index (χ3v) is 2.68. The lowest BCUT2D eigenvalue weighted by atomic mass is 10.1. The van der Waals surface area contributed by atoms with Crippen molar-refractivity contribution in [3.63, 3.8) is 0 Å². The average molecular weight is 253 g/mol. The van der Waals surface area contributed by atoms with E-state index in [9.17, 15) is 4.39 Å². The Morgan fingerprint density at radius 1 is 1.35 bits per heavy atom. The number of benzene rings is 1. The van der Waals surface area contributed by atoms with E-state index >= 15 is 0 Å². The van der Waals surface area contributed by atoms with Crippen LogP contribution in [-0.4, -0.2) is 12.1 Å². The third-order valence-electron chi connectivity index (χ3n) is 2.35. The van der Waals surface area contributed by atoms with Crippen LogP contribution in [0.3, 0.4) is 0 Å². The molecule has 0 saturated carbocycles. The van der Waals surface area contributed by atoms with Gasteiger partial charge in [-0.3, -0.25) is 0 Å². The molecule has 1 aromatic heterocycles. The van der Waals surface area contributed by atoms with Gasteiger partial charge in [-0.15, -0.1) is 0 Å². The number of anilines is 1. The summed E-state index contributed by atoms with van der Waals surface area (Å²) in [6.07, 6.45) is 1.11. The van der Waals surface area contributed by atoms with Crippen LogP contribution in [0.1, 0.15) is 0 Å². The van der Waals surface area contributed by atoms with E-state index in [2.05, 4.69) is 4.98 Å². The number of halogens is 2. The Morgan fingerprint density at radius 3 is 2.76 bits per heavy atom. The molecule has 2 rings (SSSR count). The molecule has 0 atom stereocenters. The van der Waals surface area contributed by atoms with Gasteiger partial charge in [-0.1, -0.05) is 17.7 Å². The Hall–Kier alpha value is -1.81. The summed E-state index contributed by atoms with van der Waals surface area (Å²) in [7, 11) is 1.47. The number of nitrogens with two attached hydrogens (primary N) is 1. The lowest BCUT2D eigenvalue weighted by Crippen LogP contribution is -1.92. The van der Waals surface area contributed by atoms with Crippen LogP contribution in [-0.2, 0) is 0 Å². The lowest BCUT2D eigenvalue weighted by molar-refractivity contribution is 0.396. The van der Waals surface area contributed by atoms with Crippen molar-refractivity contribution in [1.29, 1.82) is 0 Å². The van der Waals surface area contributed by atoms with Crippen LogP contribution >= 0.6 is 11.6 Å². The Labute approximate surface area is 103 Å². The minimum Gasteiger partial charge on any atom is -0.481 e. The zero-order valence-corrected chi connectivity index (χ0v) is 9.83. The van der Waals surface area contributed by atoms with Gasteiger partial charge in [-0.05, 0) is 17.7 Å². The average Bonchev–Trinajstić information content (AvgIpc) is 2.33. The van der Waals surface area contributed by atoms with Gasteiger partial charge in [0.2, 0.25) is 5.88 Å². The van der Waals surface area contributed by atoms with E-state index in [1.165, 1.54) is 13.2 Å². The molecule has 3 nitrogen and oxygen atoms in total. The summed E-state index contributed by atoms with van der Waals surface area (Å²) in [5.41, 5.74) is 7.05. The van der Waals surface area contributed by atoms with Crippen molar-refractivity contribution in [2.75, 3.05) is 12.8 Å². The molecule has 0 amide bonds. The first-order valence-corrected chi connectivity index (χ1v) is 5.24. The SMILES string of the molecule is COc1cc(-c2ccc(N)c(Cl)c2)c(F)cn1. The zero-order valence-electron chi connectivity index (χ0n) is 9.08. The van der Waals surface area contributed by atoms with Gasteiger partial charge in [0.05, 0.1) is 24.0 Å². The minimum atomic E-state index is -0.438. The molecule has 1 heterocycles. The summed E-state index contributed by atoms with van der Waals surface area (Å²) in [6.45, 7) is 0. The number of nitrogens with zero attached hydrogens (tertiary/aromatic N) is 1. The maximum absolute atomic E-state index is 13.6. The van der Waals surface area contributed by atoms with Crippen molar-refractivity contribution in [3.8, 4) is 17.0 Å². The van der Waals surface area contributed by atoms with Crippen molar-refractivity contribution >= 4 is 17.3 Å². The summed E-state index contributed by atoms with van der Waals surface area (Å²) in [4.78, 5) is 3.77. The fourth-order valence-electron chi connectivity index (χ4n) is 1.45. The second-order valence-corrected chi connectivity index (χ2v) is 3.85. The van der Waals surface area contributed by atoms with Gasteiger partial charge in [-0.2, -0.15) is 0 Å². The molecule has 17 heavy (non-hydrogen) atoms. The number of ether oxygens (including phenoxy) is 1. The van der Waals surface area contributed by atoms with Crippen molar-refractivity contribution in [1.82, 2.24) is 4.98 Å². The van der Waals surface area contributed by atoms with E-state index in [1.54, 1.807) is 18.2 Å². The predicted octanol–water partition coefficient (Wildman–Crippen LogP) is 3.13. The number of hydrogen-bond donors (Lipinski definition) is 1. The second-order valence-electron chi connectivity index (χ2n) is 3.44. The van der Waals surface area contributed by atoms with E-state index in [4.69, 9.17) is 22.1 Å². The van der Waals surface area contributed by atoms with Crippen LogP contribution in [0, 0.1) is 5.82 Å². The largest absolute Gasteiger partial charge is 0.481 e. The van der Waals surface area contributed by atoms with Gasteiger partial charge in [0, 0.05) is 11.6 Å². The Morgan fingerprint density at radius 2 is 2.12 bits per heavy atom. The highest BCUT2D eigenvalue weighted by Gasteiger charge is 2.09. The Kier molecular flexibility index (Phi) is 3.15. The molecule has 0 aliphatic heterocycles. The third kappa shape index (κ3) is 2.31. The number of pyridine rings is 1. The predicted molar refractivity (Wildman–Crippen MR) is 65.6 cm³/mol. The fourth-order valence-corrected chi connectivity index (χ4v) is 1.63. The Balaban J connectivity index is 2.55. The highest BCUT2D eigenvalue weighted by atomic mass is 35.5. The van der Waals surface area contributed by atoms with Crippen LogP contribution in [0.15, 0.2) is 30.5 Å². The molecule has 0 spiro atoms. The molecule has 0 unspecified atom stereocenters. The summed E-state index contributed by atoms with van der Waals surface area (Å²) < 4.78 is 18.6.